The van der Waals surface area contributed by atoms with Crippen LogP contribution in [0, 0.1) is 5.92 Å². The third-order valence-electron chi connectivity index (χ3n) is 5.66. The van der Waals surface area contributed by atoms with Crippen LogP contribution in [0.3, 0.4) is 0 Å². The highest BCUT2D eigenvalue weighted by atomic mass is 32.1. The van der Waals surface area contributed by atoms with Gasteiger partial charge in [-0.15, -0.1) is 11.3 Å². The summed E-state index contributed by atoms with van der Waals surface area (Å²) in [6.45, 7) is 1.01. The number of hydrogen-bond acceptors (Lipinski definition) is 3. The van der Waals surface area contributed by atoms with Crippen molar-refractivity contribution in [2.24, 2.45) is 5.92 Å². The van der Waals surface area contributed by atoms with E-state index in [0.717, 1.165) is 18.5 Å². The molecule has 3 nitrogen and oxygen atoms in total. The van der Waals surface area contributed by atoms with Crippen LogP contribution in [0.4, 0.5) is 0 Å². The fraction of sp³-hybridized carbons (Fsp3) is 0.350. The van der Waals surface area contributed by atoms with Gasteiger partial charge in [0, 0.05) is 37.8 Å². The molecule has 1 aliphatic heterocycles. The van der Waals surface area contributed by atoms with E-state index >= 15 is 0 Å². The minimum Gasteiger partial charge on any atom is -0.349 e. The smallest absolute Gasteiger partial charge is 0.251 e. The molecule has 0 spiro atoms. The summed E-state index contributed by atoms with van der Waals surface area (Å²) >= 11 is 1.79. The maximum absolute atomic E-state index is 12.8. The van der Waals surface area contributed by atoms with Crippen LogP contribution in [0.25, 0.3) is 20.2 Å². The van der Waals surface area contributed by atoms with Crippen molar-refractivity contribution < 1.29 is 4.79 Å². The number of amides is 1. The summed E-state index contributed by atoms with van der Waals surface area (Å²) in [5.41, 5.74) is 0.778. The van der Waals surface area contributed by atoms with Crippen molar-refractivity contribution in [3.8, 4) is 0 Å². The summed E-state index contributed by atoms with van der Waals surface area (Å²) in [7, 11) is 0. The molecule has 2 N–H and O–H groups in total. The van der Waals surface area contributed by atoms with Gasteiger partial charge < -0.3 is 10.6 Å². The first-order valence-electron chi connectivity index (χ1n) is 8.75. The maximum atomic E-state index is 12.8. The molecule has 2 aliphatic rings. The number of carbonyl (C=O) groups is 1. The van der Waals surface area contributed by atoms with E-state index in [2.05, 4.69) is 47.0 Å². The highest BCUT2D eigenvalue weighted by Crippen LogP contribution is 2.35. The molecule has 1 saturated heterocycles. The van der Waals surface area contributed by atoms with Crippen molar-refractivity contribution in [2.45, 2.75) is 31.3 Å². The third kappa shape index (κ3) is 2.25. The second-order valence-electron chi connectivity index (χ2n) is 6.98. The molecule has 122 valence electrons. The van der Waals surface area contributed by atoms with Crippen LogP contribution in [0.5, 0.6) is 0 Å². The summed E-state index contributed by atoms with van der Waals surface area (Å²) in [5.74, 6) is 0.693. The highest BCUT2D eigenvalue weighted by molar-refractivity contribution is 7.25. The number of fused-ring (bicyclic) bond motifs is 4. The van der Waals surface area contributed by atoms with E-state index in [1.165, 1.54) is 33.0 Å². The van der Waals surface area contributed by atoms with Crippen molar-refractivity contribution >= 4 is 37.4 Å². The number of nitrogens with one attached hydrogen (secondary N) is 2. The highest BCUT2D eigenvalue weighted by Gasteiger charge is 2.40. The summed E-state index contributed by atoms with van der Waals surface area (Å²) < 4.78 is 2.52. The Labute approximate surface area is 145 Å². The molecule has 2 heterocycles. The van der Waals surface area contributed by atoms with Gasteiger partial charge in [-0.3, -0.25) is 4.79 Å². The molecule has 2 fully saturated rings. The Kier molecular flexibility index (Phi) is 3.35. The van der Waals surface area contributed by atoms with Crippen LogP contribution in [0.2, 0.25) is 0 Å². The molecule has 3 aromatic rings. The van der Waals surface area contributed by atoms with Crippen LogP contribution in [-0.2, 0) is 0 Å². The van der Waals surface area contributed by atoms with E-state index in [4.69, 9.17) is 0 Å². The number of hydrogen-bond donors (Lipinski definition) is 2. The lowest BCUT2D eigenvalue weighted by Crippen LogP contribution is -2.59. The number of thiophene rings is 1. The van der Waals surface area contributed by atoms with Gasteiger partial charge in [-0.25, -0.2) is 0 Å². The first kappa shape index (κ1) is 14.4. The maximum Gasteiger partial charge on any atom is 0.251 e. The van der Waals surface area contributed by atoms with Crippen molar-refractivity contribution in [2.75, 3.05) is 6.54 Å². The molecule has 0 bridgehead atoms. The standard InChI is InChI=1S/C20H20N2OS/c23-20(22-17-9-10-21-16-7-6-14(16)17)12-5-8-19-15(11-12)13-3-1-2-4-18(13)24-19/h1-5,8,11,14,16-17,21H,6-7,9-10H2,(H,22,23)/t14?,16?,17-/m1/s1. The normalized spacial score (nSPS) is 26.1. The van der Waals surface area contributed by atoms with E-state index in [1.807, 2.05) is 6.07 Å². The molecule has 2 aromatic carbocycles. The van der Waals surface area contributed by atoms with E-state index in [-0.39, 0.29) is 5.91 Å². The average molecular weight is 336 g/mol. The number of piperidine rings is 1. The zero-order valence-corrected chi connectivity index (χ0v) is 14.2. The molecule has 24 heavy (non-hydrogen) atoms. The fourth-order valence-electron chi connectivity index (χ4n) is 4.20. The van der Waals surface area contributed by atoms with E-state index in [9.17, 15) is 4.79 Å². The van der Waals surface area contributed by atoms with E-state index in [0.29, 0.717) is 18.0 Å². The predicted octanol–water partition coefficient (Wildman–Crippen LogP) is 3.92. The molecule has 5 rings (SSSR count). The fourth-order valence-corrected chi connectivity index (χ4v) is 5.28. The van der Waals surface area contributed by atoms with Crippen molar-refractivity contribution in [1.29, 1.82) is 0 Å². The van der Waals surface area contributed by atoms with Crippen LogP contribution in [0.1, 0.15) is 29.6 Å². The van der Waals surface area contributed by atoms with Gasteiger partial charge in [0.25, 0.3) is 5.91 Å². The molecule has 2 unspecified atom stereocenters. The zero-order chi connectivity index (χ0) is 16.1. The minimum absolute atomic E-state index is 0.0738. The first-order valence-corrected chi connectivity index (χ1v) is 9.57. The Balaban J connectivity index is 1.45. The Hall–Kier alpha value is -1.91. The number of rotatable bonds is 2. The molecule has 4 heteroatoms. The summed E-state index contributed by atoms with van der Waals surface area (Å²) in [6.07, 6.45) is 3.53. The molecule has 1 aliphatic carbocycles. The van der Waals surface area contributed by atoms with Gasteiger partial charge >= 0.3 is 0 Å². The Morgan fingerprint density at radius 1 is 1.04 bits per heavy atom. The number of benzene rings is 2. The van der Waals surface area contributed by atoms with Crippen molar-refractivity contribution in [3.63, 3.8) is 0 Å². The van der Waals surface area contributed by atoms with E-state index < -0.39 is 0 Å². The van der Waals surface area contributed by atoms with Gasteiger partial charge in [0.2, 0.25) is 0 Å². The molecular weight excluding hydrogens is 316 g/mol. The van der Waals surface area contributed by atoms with Crippen molar-refractivity contribution in [3.05, 3.63) is 48.0 Å². The van der Waals surface area contributed by atoms with Crippen LogP contribution in [-0.4, -0.2) is 24.5 Å². The molecule has 0 radical (unpaired) electrons. The van der Waals surface area contributed by atoms with Crippen LogP contribution >= 0.6 is 11.3 Å². The van der Waals surface area contributed by atoms with Crippen molar-refractivity contribution in [1.82, 2.24) is 10.6 Å². The van der Waals surface area contributed by atoms with Crippen LogP contribution < -0.4 is 10.6 Å². The number of carbonyl (C=O) groups excluding carboxylic acids is 1. The second kappa shape index (κ2) is 5.57. The van der Waals surface area contributed by atoms with Gasteiger partial charge in [-0.2, -0.15) is 0 Å². The zero-order valence-electron chi connectivity index (χ0n) is 13.4. The molecular formula is C20H20N2OS. The molecule has 1 amide bonds. The topological polar surface area (TPSA) is 41.1 Å². The lowest BCUT2D eigenvalue weighted by atomic mass is 9.71. The van der Waals surface area contributed by atoms with Gasteiger partial charge in [0.15, 0.2) is 0 Å². The third-order valence-corrected chi connectivity index (χ3v) is 6.81. The largest absolute Gasteiger partial charge is 0.349 e. The lowest BCUT2D eigenvalue weighted by molar-refractivity contribution is 0.0798. The van der Waals surface area contributed by atoms with Gasteiger partial charge in [-0.05, 0) is 56.0 Å². The summed E-state index contributed by atoms with van der Waals surface area (Å²) in [5, 5.41) is 9.28. The Morgan fingerprint density at radius 2 is 1.92 bits per heavy atom. The Morgan fingerprint density at radius 3 is 2.79 bits per heavy atom. The van der Waals surface area contributed by atoms with Gasteiger partial charge in [0.1, 0.15) is 0 Å². The van der Waals surface area contributed by atoms with Gasteiger partial charge in [0.05, 0.1) is 0 Å². The average Bonchev–Trinajstić information content (AvgIpc) is 2.94. The molecule has 3 atom stereocenters. The van der Waals surface area contributed by atoms with Crippen LogP contribution in [0.15, 0.2) is 42.5 Å². The van der Waals surface area contributed by atoms with E-state index in [1.54, 1.807) is 11.3 Å². The second-order valence-corrected chi connectivity index (χ2v) is 8.06. The summed E-state index contributed by atoms with van der Waals surface area (Å²) in [4.78, 5) is 12.8. The first-order chi connectivity index (χ1) is 11.8. The monoisotopic (exact) mass is 336 g/mol. The predicted molar refractivity (Wildman–Crippen MR) is 99.7 cm³/mol. The van der Waals surface area contributed by atoms with Gasteiger partial charge in [-0.1, -0.05) is 18.2 Å². The minimum atomic E-state index is 0.0738. The quantitative estimate of drug-likeness (QED) is 0.744. The summed E-state index contributed by atoms with van der Waals surface area (Å²) in [6, 6.07) is 15.5. The Bertz CT molecular complexity index is 932. The molecule has 1 saturated carbocycles. The molecule has 1 aromatic heterocycles. The lowest BCUT2D eigenvalue weighted by Gasteiger charge is -2.46. The SMILES string of the molecule is O=C(N[C@@H]1CCNC2CCC21)c1ccc2sc3ccccc3c2c1.